The highest BCUT2D eigenvalue weighted by Crippen LogP contribution is 2.25. The summed E-state index contributed by atoms with van der Waals surface area (Å²) in [6, 6.07) is 7.84. The molecule has 1 saturated heterocycles. The van der Waals surface area contributed by atoms with Gasteiger partial charge in [-0.25, -0.2) is 0 Å². The van der Waals surface area contributed by atoms with Crippen molar-refractivity contribution in [2.24, 2.45) is 0 Å². The first-order valence-corrected chi connectivity index (χ1v) is 5.33. The summed E-state index contributed by atoms with van der Waals surface area (Å²) in [5.74, 6) is -0.187. The molecule has 0 atom stereocenters. The molecule has 0 aliphatic carbocycles. The van der Waals surface area contributed by atoms with Gasteiger partial charge < -0.3 is 5.32 Å². The minimum Gasteiger partial charge on any atom is -0.301 e. The number of nitrogens with one attached hydrogen (secondary N) is 2. The van der Waals surface area contributed by atoms with Crippen molar-refractivity contribution in [3.8, 4) is 0 Å². The number of carbonyl (C=O) groups is 1. The fraction of sp³-hybridized carbons (Fsp3) is 0.0909. The van der Waals surface area contributed by atoms with E-state index in [2.05, 4.69) is 5.32 Å². The fourth-order valence-corrected chi connectivity index (χ4v) is 2.02. The third kappa shape index (κ3) is 2.10. The monoisotopic (exact) mass is 218 g/mol. The molecule has 0 aromatic heterocycles. The maximum atomic E-state index is 11.4. The fourth-order valence-electron chi connectivity index (χ4n) is 1.33. The third-order valence-corrected chi connectivity index (χ3v) is 2.97. The average Bonchev–Trinajstić information content (AvgIpc) is 2.49. The molecule has 0 unspecified atom stereocenters. The molecular formula is C11H10N2OS. The van der Waals surface area contributed by atoms with Crippen LogP contribution < -0.4 is 5.32 Å². The molecule has 0 saturated carbocycles. The Hall–Kier alpha value is -1.55. The molecular weight excluding hydrogens is 208 g/mol. The van der Waals surface area contributed by atoms with Gasteiger partial charge in [0.2, 0.25) is 0 Å². The van der Waals surface area contributed by atoms with Crippen molar-refractivity contribution in [2.75, 3.05) is 0 Å². The van der Waals surface area contributed by atoms with E-state index < -0.39 is 0 Å². The Bertz CT molecular complexity index is 465. The minimum atomic E-state index is -0.187. The number of hydrogen-bond acceptors (Lipinski definition) is 3. The Balaban J connectivity index is 2.35. The summed E-state index contributed by atoms with van der Waals surface area (Å²) in [5, 5.41) is 9.96. The maximum Gasteiger partial charge on any atom is 0.264 e. The van der Waals surface area contributed by atoms with Crippen LogP contribution in [-0.2, 0) is 4.79 Å². The van der Waals surface area contributed by atoms with Crippen LogP contribution >= 0.6 is 11.8 Å². The zero-order valence-corrected chi connectivity index (χ0v) is 9.02. The van der Waals surface area contributed by atoms with E-state index in [0.29, 0.717) is 4.91 Å². The molecule has 1 aliphatic heterocycles. The molecule has 0 spiro atoms. The molecule has 1 aliphatic rings. The van der Waals surface area contributed by atoms with E-state index >= 15 is 0 Å². The molecule has 76 valence electrons. The molecule has 1 heterocycles. The zero-order valence-electron chi connectivity index (χ0n) is 8.20. The van der Waals surface area contributed by atoms with E-state index in [9.17, 15) is 4.79 Å². The lowest BCUT2D eigenvalue weighted by Crippen LogP contribution is -2.18. The number of amides is 1. The van der Waals surface area contributed by atoms with Crippen molar-refractivity contribution in [3.63, 3.8) is 0 Å². The molecule has 2 N–H and O–H groups in total. The van der Waals surface area contributed by atoms with Crippen molar-refractivity contribution in [2.45, 2.75) is 6.92 Å². The van der Waals surface area contributed by atoms with E-state index in [0.717, 1.165) is 22.9 Å². The van der Waals surface area contributed by atoms with Gasteiger partial charge in [-0.3, -0.25) is 10.2 Å². The van der Waals surface area contributed by atoms with Gasteiger partial charge in [0, 0.05) is 0 Å². The molecule has 1 fully saturated rings. The molecule has 4 heteroatoms. The summed E-state index contributed by atoms with van der Waals surface area (Å²) in [7, 11) is 0. The first-order chi connectivity index (χ1) is 7.16. The van der Waals surface area contributed by atoms with Crippen LogP contribution in [0, 0.1) is 12.3 Å². The summed E-state index contributed by atoms with van der Waals surface area (Å²) >= 11 is 1.16. The van der Waals surface area contributed by atoms with E-state index in [1.165, 1.54) is 0 Å². The molecule has 0 radical (unpaired) electrons. The van der Waals surface area contributed by atoms with Crippen molar-refractivity contribution >= 4 is 28.9 Å². The van der Waals surface area contributed by atoms with Gasteiger partial charge >= 0.3 is 0 Å². The number of amidine groups is 1. The van der Waals surface area contributed by atoms with Gasteiger partial charge in [-0.05, 0) is 35.9 Å². The smallest absolute Gasteiger partial charge is 0.264 e. The van der Waals surface area contributed by atoms with Crippen LogP contribution in [-0.4, -0.2) is 11.1 Å². The highest BCUT2D eigenvalue weighted by Gasteiger charge is 2.22. The highest BCUT2D eigenvalue weighted by atomic mass is 32.2. The molecule has 1 amide bonds. The SMILES string of the molecule is Cc1ccccc1/C=C1\SC(=N)NC1=O. The molecule has 1 aromatic rings. The second-order valence-electron chi connectivity index (χ2n) is 3.25. The Morgan fingerprint density at radius 3 is 2.73 bits per heavy atom. The van der Waals surface area contributed by atoms with Crippen LogP contribution in [0.1, 0.15) is 11.1 Å². The number of thioether (sulfide) groups is 1. The lowest BCUT2D eigenvalue weighted by atomic mass is 10.1. The Morgan fingerprint density at radius 2 is 2.13 bits per heavy atom. The topological polar surface area (TPSA) is 53.0 Å². The maximum absolute atomic E-state index is 11.4. The van der Waals surface area contributed by atoms with Crippen LogP contribution in [0.25, 0.3) is 6.08 Å². The van der Waals surface area contributed by atoms with Gasteiger partial charge in [-0.1, -0.05) is 24.3 Å². The molecule has 3 nitrogen and oxygen atoms in total. The summed E-state index contributed by atoms with van der Waals surface area (Å²) in [4.78, 5) is 11.9. The summed E-state index contributed by atoms with van der Waals surface area (Å²) in [6.45, 7) is 2.00. The number of benzene rings is 1. The van der Waals surface area contributed by atoms with Crippen molar-refractivity contribution < 1.29 is 4.79 Å². The van der Waals surface area contributed by atoms with Crippen molar-refractivity contribution in [3.05, 3.63) is 40.3 Å². The van der Waals surface area contributed by atoms with Crippen LogP contribution in [0.5, 0.6) is 0 Å². The van der Waals surface area contributed by atoms with E-state index in [1.807, 2.05) is 37.3 Å². The van der Waals surface area contributed by atoms with Crippen LogP contribution in [0.3, 0.4) is 0 Å². The van der Waals surface area contributed by atoms with Gasteiger partial charge in [-0.2, -0.15) is 0 Å². The first kappa shape index (κ1) is 9.98. The summed E-state index contributed by atoms with van der Waals surface area (Å²) in [6.07, 6.45) is 1.82. The minimum absolute atomic E-state index is 0.187. The Kier molecular flexibility index (Phi) is 2.60. The number of hydrogen-bond donors (Lipinski definition) is 2. The van der Waals surface area contributed by atoms with Crippen LogP contribution in [0.15, 0.2) is 29.2 Å². The largest absolute Gasteiger partial charge is 0.301 e. The van der Waals surface area contributed by atoms with E-state index in [-0.39, 0.29) is 11.1 Å². The first-order valence-electron chi connectivity index (χ1n) is 4.52. The van der Waals surface area contributed by atoms with Crippen LogP contribution in [0.4, 0.5) is 0 Å². The third-order valence-electron chi connectivity index (χ3n) is 2.14. The zero-order chi connectivity index (χ0) is 10.8. The predicted octanol–water partition coefficient (Wildman–Crippen LogP) is 2.13. The van der Waals surface area contributed by atoms with E-state index in [4.69, 9.17) is 5.41 Å². The van der Waals surface area contributed by atoms with Gasteiger partial charge in [0.15, 0.2) is 5.17 Å². The van der Waals surface area contributed by atoms with Gasteiger partial charge in [0.05, 0.1) is 4.91 Å². The number of rotatable bonds is 1. The standard InChI is InChI=1S/C11H10N2OS/c1-7-4-2-3-5-8(7)6-9-10(14)13-11(12)15-9/h2-6H,1H3,(H2,12,13,14)/b9-6-. The predicted molar refractivity (Wildman–Crippen MR) is 62.6 cm³/mol. The molecule has 2 rings (SSSR count). The lowest BCUT2D eigenvalue weighted by Gasteiger charge is -1.99. The van der Waals surface area contributed by atoms with Crippen LogP contribution in [0.2, 0.25) is 0 Å². The molecule has 1 aromatic carbocycles. The van der Waals surface area contributed by atoms with Gasteiger partial charge in [-0.15, -0.1) is 0 Å². The lowest BCUT2D eigenvalue weighted by molar-refractivity contribution is -0.115. The Labute approximate surface area is 92.1 Å². The van der Waals surface area contributed by atoms with E-state index in [1.54, 1.807) is 0 Å². The van der Waals surface area contributed by atoms with Crippen molar-refractivity contribution in [1.29, 1.82) is 5.41 Å². The second-order valence-corrected chi connectivity index (χ2v) is 4.30. The summed E-state index contributed by atoms with van der Waals surface area (Å²) in [5.41, 5.74) is 2.14. The average molecular weight is 218 g/mol. The highest BCUT2D eigenvalue weighted by molar-refractivity contribution is 8.18. The molecule has 0 bridgehead atoms. The quantitative estimate of drug-likeness (QED) is 0.709. The van der Waals surface area contributed by atoms with Crippen molar-refractivity contribution in [1.82, 2.24) is 5.32 Å². The number of carbonyl (C=O) groups excluding carboxylic acids is 1. The second kappa shape index (κ2) is 3.90. The normalized spacial score (nSPS) is 18.3. The van der Waals surface area contributed by atoms with Gasteiger partial charge in [0.25, 0.3) is 5.91 Å². The number of aryl methyl sites for hydroxylation is 1. The Morgan fingerprint density at radius 1 is 1.40 bits per heavy atom. The molecule has 15 heavy (non-hydrogen) atoms. The summed E-state index contributed by atoms with van der Waals surface area (Å²) < 4.78 is 0. The van der Waals surface area contributed by atoms with Gasteiger partial charge in [0.1, 0.15) is 0 Å².